The number of benzene rings is 2. The molecule has 2 aromatic heterocycles. The van der Waals surface area contributed by atoms with Crippen molar-refractivity contribution in [3.05, 3.63) is 73.1 Å². The lowest BCUT2D eigenvalue weighted by Crippen LogP contribution is -1.84. The van der Waals surface area contributed by atoms with Crippen LogP contribution in [0.2, 0.25) is 0 Å². The van der Waals surface area contributed by atoms with Gasteiger partial charge in [0.25, 0.3) is 0 Å². The van der Waals surface area contributed by atoms with E-state index in [0.717, 1.165) is 16.4 Å². The third-order valence-electron chi connectivity index (χ3n) is 3.56. The summed E-state index contributed by atoms with van der Waals surface area (Å²) >= 11 is 0. The van der Waals surface area contributed by atoms with Crippen LogP contribution in [0.5, 0.6) is 0 Å². The molecule has 0 spiro atoms. The van der Waals surface area contributed by atoms with Crippen molar-refractivity contribution in [2.24, 2.45) is 0 Å². The Kier molecular flexibility index (Phi) is 2.46. The lowest BCUT2D eigenvalue weighted by atomic mass is 9.99. The Morgan fingerprint density at radius 2 is 1.50 bits per heavy atom. The number of rotatable bonds is 1. The smallest absolute Gasteiger partial charge is 0.0708 e. The second-order valence-corrected chi connectivity index (χ2v) is 4.79. The van der Waals surface area contributed by atoms with Crippen molar-refractivity contribution in [1.29, 1.82) is 0 Å². The summed E-state index contributed by atoms with van der Waals surface area (Å²) in [6, 6.07) is 20.8. The Bertz CT molecular complexity index is 908. The molecule has 0 radical (unpaired) electrons. The molecule has 0 saturated carbocycles. The molecule has 0 bridgehead atoms. The molecule has 0 saturated heterocycles. The lowest BCUT2D eigenvalue weighted by molar-refractivity contribution is 1.41. The lowest BCUT2D eigenvalue weighted by Gasteiger charge is -2.07. The van der Waals surface area contributed by atoms with Gasteiger partial charge in [0.2, 0.25) is 0 Å². The molecule has 2 aromatic carbocycles. The summed E-state index contributed by atoms with van der Waals surface area (Å²) in [5.74, 6) is 0. The molecular weight excluding hydrogens is 244 g/mol. The first-order valence-corrected chi connectivity index (χ1v) is 6.61. The van der Waals surface area contributed by atoms with Gasteiger partial charge >= 0.3 is 0 Å². The predicted octanol–water partition coefficient (Wildman–Crippen LogP) is 4.45. The van der Waals surface area contributed by atoms with Gasteiger partial charge in [0.05, 0.1) is 11.0 Å². The fraction of sp³-hybridized carbons (Fsp3) is 0. The molecule has 0 aliphatic rings. The van der Waals surface area contributed by atoms with E-state index >= 15 is 0 Å². The van der Waals surface area contributed by atoms with Crippen molar-refractivity contribution in [3.8, 4) is 11.1 Å². The van der Waals surface area contributed by atoms with Gasteiger partial charge in [0.1, 0.15) is 0 Å². The van der Waals surface area contributed by atoms with Gasteiger partial charge in [-0.2, -0.15) is 0 Å². The summed E-state index contributed by atoms with van der Waals surface area (Å²) < 4.78 is 0. The van der Waals surface area contributed by atoms with E-state index in [2.05, 4.69) is 46.4 Å². The summed E-state index contributed by atoms with van der Waals surface area (Å²) in [4.78, 5) is 8.85. The summed E-state index contributed by atoms with van der Waals surface area (Å²) in [5.41, 5.74) is 4.41. The van der Waals surface area contributed by atoms with Crippen molar-refractivity contribution >= 4 is 21.8 Å². The second kappa shape index (κ2) is 4.42. The van der Waals surface area contributed by atoms with Crippen LogP contribution in [0.4, 0.5) is 0 Å². The molecule has 0 amide bonds. The predicted molar refractivity (Wildman–Crippen MR) is 82.5 cm³/mol. The highest BCUT2D eigenvalue weighted by Crippen LogP contribution is 2.29. The monoisotopic (exact) mass is 256 g/mol. The minimum absolute atomic E-state index is 1.02. The van der Waals surface area contributed by atoms with Crippen molar-refractivity contribution in [1.82, 2.24) is 9.97 Å². The van der Waals surface area contributed by atoms with Crippen LogP contribution < -0.4 is 0 Å². The van der Waals surface area contributed by atoms with Crippen molar-refractivity contribution in [2.45, 2.75) is 0 Å². The molecule has 0 fully saturated rings. The molecule has 4 aromatic rings. The SMILES string of the molecule is c1cnc2cc(-c3cccc4ncccc34)ccc2c1. The zero-order chi connectivity index (χ0) is 13.4. The molecule has 2 heteroatoms. The van der Waals surface area contributed by atoms with Crippen LogP contribution in [0.25, 0.3) is 32.9 Å². The zero-order valence-electron chi connectivity index (χ0n) is 10.8. The number of aromatic nitrogens is 2. The minimum Gasteiger partial charge on any atom is -0.256 e. The summed E-state index contributed by atoms with van der Waals surface area (Å²) in [5, 5.41) is 2.33. The average molecular weight is 256 g/mol. The first kappa shape index (κ1) is 11.1. The number of hydrogen-bond acceptors (Lipinski definition) is 2. The van der Waals surface area contributed by atoms with Gasteiger partial charge in [-0.3, -0.25) is 9.97 Å². The number of nitrogens with zero attached hydrogens (tertiary/aromatic N) is 2. The number of pyridine rings is 2. The minimum atomic E-state index is 1.02. The Balaban J connectivity index is 2.01. The zero-order valence-corrected chi connectivity index (χ0v) is 10.8. The first-order valence-electron chi connectivity index (χ1n) is 6.61. The molecule has 4 rings (SSSR count). The van der Waals surface area contributed by atoms with E-state index < -0.39 is 0 Å². The maximum absolute atomic E-state index is 4.43. The van der Waals surface area contributed by atoms with Crippen molar-refractivity contribution in [2.75, 3.05) is 0 Å². The van der Waals surface area contributed by atoms with Gasteiger partial charge in [0.15, 0.2) is 0 Å². The van der Waals surface area contributed by atoms with Gasteiger partial charge in [-0.1, -0.05) is 36.4 Å². The summed E-state index contributed by atoms with van der Waals surface area (Å²) in [7, 11) is 0. The van der Waals surface area contributed by atoms with E-state index in [1.807, 2.05) is 36.7 Å². The molecule has 2 nitrogen and oxygen atoms in total. The normalized spacial score (nSPS) is 11.0. The Morgan fingerprint density at radius 3 is 2.45 bits per heavy atom. The standard InChI is InChI=1S/C18H12N2/c1-5-15(16-6-3-11-19-17(16)7-1)14-9-8-13-4-2-10-20-18(13)12-14/h1-12H. The van der Waals surface area contributed by atoms with Crippen LogP contribution in [0.1, 0.15) is 0 Å². The molecule has 0 aliphatic heterocycles. The van der Waals surface area contributed by atoms with Gasteiger partial charge in [-0.25, -0.2) is 0 Å². The fourth-order valence-corrected chi connectivity index (χ4v) is 2.59. The molecule has 94 valence electrons. The quantitative estimate of drug-likeness (QED) is 0.503. The molecule has 2 heterocycles. The van der Waals surface area contributed by atoms with E-state index in [9.17, 15) is 0 Å². The average Bonchev–Trinajstić information content (AvgIpc) is 2.54. The van der Waals surface area contributed by atoms with Crippen LogP contribution in [-0.4, -0.2) is 9.97 Å². The van der Waals surface area contributed by atoms with Crippen LogP contribution in [0, 0.1) is 0 Å². The second-order valence-electron chi connectivity index (χ2n) is 4.79. The first-order chi connectivity index (χ1) is 9.92. The van der Waals surface area contributed by atoms with E-state index in [4.69, 9.17) is 0 Å². The van der Waals surface area contributed by atoms with Crippen LogP contribution in [-0.2, 0) is 0 Å². The van der Waals surface area contributed by atoms with Gasteiger partial charge in [0, 0.05) is 23.2 Å². The molecule has 0 unspecified atom stereocenters. The van der Waals surface area contributed by atoms with E-state index in [1.165, 1.54) is 16.5 Å². The van der Waals surface area contributed by atoms with E-state index in [-0.39, 0.29) is 0 Å². The molecule has 0 N–H and O–H groups in total. The molecule has 0 atom stereocenters. The number of fused-ring (bicyclic) bond motifs is 2. The Hall–Kier alpha value is -2.74. The topological polar surface area (TPSA) is 25.8 Å². The maximum atomic E-state index is 4.43. The largest absolute Gasteiger partial charge is 0.256 e. The molecule has 0 aliphatic carbocycles. The summed E-state index contributed by atoms with van der Waals surface area (Å²) in [6.45, 7) is 0. The number of hydrogen-bond donors (Lipinski definition) is 0. The van der Waals surface area contributed by atoms with E-state index in [1.54, 1.807) is 0 Å². The van der Waals surface area contributed by atoms with Crippen LogP contribution in [0.15, 0.2) is 73.1 Å². The molecule has 20 heavy (non-hydrogen) atoms. The van der Waals surface area contributed by atoms with Crippen LogP contribution >= 0.6 is 0 Å². The highest BCUT2D eigenvalue weighted by Gasteiger charge is 2.05. The highest BCUT2D eigenvalue weighted by atomic mass is 14.6. The molecular formula is C18H12N2. The van der Waals surface area contributed by atoms with E-state index in [0.29, 0.717) is 0 Å². The third-order valence-corrected chi connectivity index (χ3v) is 3.56. The third kappa shape index (κ3) is 1.74. The van der Waals surface area contributed by atoms with Crippen molar-refractivity contribution < 1.29 is 0 Å². The Labute approximate surface area is 116 Å². The van der Waals surface area contributed by atoms with Gasteiger partial charge < -0.3 is 0 Å². The van der Waals surface area contributed by atoms with Gasteiger partial charge in [-0.05, 0) is 35.4 Å². The highest BCUT2D eigenvalue weighted by molar-refractivity contribution is 5.96. The van der Waals surface area contributed by atoms with Crippen molar-refractivity contribution in [3.63, 3.8) is 0 Å². The summed E-state index contributed by atoms with van der Waals surface area (Å²) in [6.07, 6.45) is 3.66. The maximum Gasteiger partial charge on any atom is 0.0708 e. The van der Waals surface area contributed by atoms with Gasteiger partial charge in [-0.15, -0.1) is 0 Å². The van der Waals surface area contributed by atoms with Crippen LogP contribution in [0.3, 0.4) is 0 Å². The fourth-order valence-electron chi connectivity index (χ4n) is 2.59. The Morgan fingerprint density at radius 1 is 0.650 bits per heavy atom.